The molecule has 0 aliphatic rings. The highest BCUT2D eigenvalue weighted by Gasteiger charge is 2.14. The Morgan fingerprint density at radius 1 is 0.842 bits per heavy atom. The number of ether oxygens (including phenoxy) is 3. The SMILES string of the molecule is C=C(CO)C(=O)Oc1ccc(-c2ccc(OC(=O)C(=C)COC)c(C#Cc3ccc(CCC)cc3)c2)cc1. The van der Waals surface area contributed by atoms with E-state index in [0.717, 1.165) is 29.5 Å². The van der Waals surface area contributed by atoms with E-state index in [0.29, 0.717) is 17.1 Å². The number of hydrogen-bond donors (Lipinski definition) is 1. The highest BCUT2D eigenvalue weighted by atomic mass is 16.5. The van der Waals surface area contributed by atoms with Crippen LogP contribution in [0.5, 0.6) is 11.5 Å². The predicted octanol–water partition coefficient (Wildman–Crippen LogP) is 5.27. The molecule has 6 heteroatoms. The number of methoxy groups -OCH3 is 1. The van der Waals surface area contributed by atoms with E-state index in [2.05, 4.69) is 44.1 Å². The van der Waals surface area contributed by atoms with Crippen LogP contribution >= 0.6 is 0 Å². The van der Waals surface area contributed by atoms with Crippen LogP contribution in [0, 0.1) is 11.8 Å². The Hall–Kier alpha value is -4.44. The molecular formula is C32H30O6. The number of carbonyl (C=O) groups excluding carboxylic acids is 2. The van der Waals surface area contributed by atoms with E-state index in [9.17, 15) is 9.59 Å². The van der Waals surface area contributed by atoms with E-state index >= 15 is 0 Å². The highest BCUT2D eigenvalue weighted by molar-refractivity contribution is 5.90. The molecular weight excluding hydrogens is 480 g/mol. The fourth-order valence-electron chi connectivity index (χ4n) is 3.44. The van der Waals surface area contributed by atoms with Gasteiger partial charge in [-0.25, -0.2) is 9.59 Å². The van der Waals surface area contributed by atoms with Crippen LogP contribution in [0.4, 0.5) is 0 Å². The maximum absolute atomic E-state index is 12.5. The lowest BCUT2D eigenvalue weighted by Gasteiger charge is -2.11. The molecule has 0 unspecified atom stereocenters. The van der Waals surface area contributed by atoms with E-state index in [1.807, 2.05) is 18.2 Å². The first-order chi connectivity index (χ1) is 18.3. The van der Waals surface area contributed by atoms with Crippen LogP contribution < -0.4 is 9.47 Å². The van der Waals surface area contributed by atoms with Crippen LogP contribution in [0.2, 0.25) is 0 Å². The van der Waals surface area contributed by atoms with Crippen molar-refractivity contribution in [1.29, 1.82) is 0 Å². The Bertz CT molecular complexity index is 1370. The van der Waals surface area contributed by atoms with Gasteiger partial charge in [0.1, 0.15) is 11.5 Å². The molecule has 0 spiro atoms. The Labute approximate surface area is 223 Å². The van der Waals surface area contributed by atoms with Crippen molar-refractivity contribution < 1.29 is 28.9 Å². The summed E-state index contributed by atoms with van der Waals surface area (Å²) >= 11 is 0. The molecule has 0 aliphatic heterocycles. The van der Waals surface area contributed by atoms with Gasteiger partial charge in [-0.05, 0) is 59.5 Å². The molecule has 0 heterocycles. The summed E-state index contributed by atoms with van der Waals surface area (Å²) in [5.41, 5.74) is 4.42. The lowest BCUT2D eigenvalue weighted by molar-refractivity contribution is -0.131. The first kappa shape index (κ1) is 28.1. The smallest absolute Gasteiger partial charge is 0.341 e. The molecule has 6 nitrogen and oxygen atoms in total. The molecule has 0 aromatic heterocycles. The van der Waals surface area contributed by atoms with Gasteiger partial charge in [-0.15, -0.1) is 0 Å². The lowest BCUT2D eigenvalue weighted by atomic mass is 10.0. The van der Waals surface area contributed by atoms with Crippen LogP contribution in [-0.2, 0) is 20.7 Å². The molecule has 0 saturated carbocycles. The molecule has 0 fully saturated rings. The topological polar surface area (TPSA) is 82.1 Å². The first-order valence-electron chi connectivity index (χ1n) is 12.1. The predicted molar refractivity (Wildman–Crippen MR) is 147 cm³/mol. The van der Waals surface area contributed by atoms with E-state index in [1.54, 1.807) is 36.4 Å². The molecule has 38 heavy (non-hydrogen) atoms. The number of carbonyl (C=O) groups is 2. The summed E-state index contributed by atoms with van der Waals surface area (Å²) in [5, 5.41) is 9.03. The van der Waals surface area contributed by atoms with Crippen molar-refractivity contribution in [3.05, 3.63) is 108 Å². The largest absolute Gasteiger partial charge is 0.423 e. The maximum Gasteiger partial charge on any atom is 0.341 e. The summed E-state index contributed by atoms with van der Waals surface area (Å²) < 4.78 is 15.8. The molecule has 3 rings (SSSR count). The molecule has 3 aromatic rings. The number of rotatable bonds is 10. The van der Waals surface area contributed by atoms with Gasteiger partial charge in [-0.3, -0.25) is 0 Å². The number of hydrogen-bond acceptors (Lipinski definition) is 6. The zero-order valence-corrected chi connectivity index (χ0v) is 21.6. The Kier molecular flexibility index (Phi) is 10.2. The van der Waals surface area contributed by atoms with E-state index in [4.69, 9.17) is 19.3 Å². The third-order valence-electron chi connectivity index (χ3n) is 5.50. The quantitative estimate of drug-likeness (QED) is 0.173. The lowest BCUT2D eigenvalue weighted by Crippen LogP contribution is -2.14. The molecule has 1 N–H and O–H groups in total. The summed E-state index contributed by atoms with van der Waals surface area (Å²) in [6, 6.07) is 20.2. The van der Waals surface area contributed by atoms with Gasteiger partial charge >= 0.3 is 11.9 Å². The van der Waals surface area contributed by atoms with Crippen molar-refractivity contribution in [2.24, 2.45) is 0 Å². The van der Waals surface area contributed by atoms with Crippen molar-refractivity contribution in [3.63, 3.8) is 0 Å². The molecule has 0 radical (unpaired) electrons. The van der Waals surface area contributed by atoms with Crippen LogP contribution in [0.3, 0.4) is 0 Å². The number of aryl methyl sites for hydroxylation is 1. The number of aliphatic hydroxyl groups excluding tert-OH is 1. The number of benzene rings is 3. The van der Waals surface area contributed by atoms with Crippen molar-refractivity contribution in [1.82, 2.24) is 0 Å². The zero-order chi connectivity index (χ0) is 27.5. The Balaban J connectivity index is 1.91. The summed E-state index contributed by atoms with van der Waals surface area (Å²) in [5.74, 6) is 5.62. The summed E-state index contributed by atoms with van der Waals surface area (Å²) in [4.78, 5) is 24.3. The third kappa shape index (κ3) is 7.78. The molecule has 0 atom stereocenters. The van der Waals surface area contributed by atoms with Gasteiger partial charge in [0.15, 0.2) is 0 Å². The fourth-order valence-corrected chi connectivity index (χ4v) is 3.44. The van der Waals surface area contributed by atoms with Crippen LogP contribution in [0.15, 0.2) is 91.0 Å². The summed E-state index contributed by atoms with van der Waals surface area (Å²) in [6.45, 7) is 8.89. The molecule has 0 amide bonds. The van der Waals surface area contributed by atoms with Gasteiger partial charge in [-0.2, -0.15) is 0 Å². The van der Waals surface area contributed by atoms with Crippen LogP contribution in [0.25, 0.3) is 11.1 Å². The molecule has 194 valence electrons. The Morgan fingerprint density at radius 2 is 1.50 bits per heavy atom. The van der Waals surface area contributed by atoms with Crippen molar-refractivity contribution >= 4 is 11.9 Å². The van der Waals surface area contributed by atoms with E-state index in [1.165, 1.54) is 12.7 Å². The Morgan fingerprint density at radius 3 is 2.13 bits per heavy atom. The van der Waals surface area contributed by atoms with Crippen LogP contribution in [0.1, 0.15) is 30.0 Å². The van der Waals surface area contributed by atoms with Crippen LogP contribution in [-0.4, -0.2) is 37.4 Å². The maximum atomic E-state index is 12.5. The molecule has 0 bridgehead atoms. The summed E-state index contributed by atoms with van der Waals surface area (Å²) in [7, 11) is 1.48. The average molecular weight is 511 g/mol. The van der Waals surface area contributed by atoms with Crippen molar-refractivity contribution in [3.8, 4) is 34.5 Å². The second-order valence-electron chi connectivity index (χ2n) is 8.51. The minimum atomic E-state index is -0.693. The van der Waals surface area contributed by atoms with Crippen molar-refractivity contribution in [2.75, 3.05) is 20.3 Å². The van der Waals surface area contributed by atoms with Gasteiger partial charge in [0, 0.05) is 12.7 Å². The fraction of sp³-hybridized carbons (Fsp3) is 0.188. The van der Waals surface area contributed by atoms with E-state index in [-0.39, 0.29) is 17.8 Å². The normalized spacial score (nSPS) is 10.2. The second-order valence-corrected chi connectivity index (χ2v) is 8.51. The summed E-state index contributed by atoms with van der Waals surface area (Å²) in [6.07, 6.45) is 2.08. The van der Waals surface area contributed by atoms with Crippen molar-refractivity contribution in [2.45, 2.75) is 19.8 Å². The minimum Gasteiger partial charge on any atom is -0.423 e. The van der Waals surface area contributed by atoms with Gasteiger partial charge in [0.05, 0.1) is 29.9 Å². The molecule has 0 saturated heterocycles. The zero-order valence-electron chi connectivity index (χ0n) is 21.6. The highest BCUT2D eigenvalue weighted by Crippen LogP contribution is 2.28. The molecule has 3 aromatic carbocycles. The minimum absolute atomic E-state index is 0.0318. The average Bonchev–Trinajstić information content (AvgIpc) is 2.93. The monoisotopic (exact) mass is 510 g/mol. The second kappa shape index (κ2) is 13.8. The van der Waals surface area contributed by atoms with Gasteiger partial charge in [-0.1, -0.05) is 68.7 Å². The molecule has 0 aliphatic carbocycles. The standard InChI is InChI=1S/C32H30O6/c1-5-6-24-7-9-25(10-8-24)11-12-28-19-27(15-18-30(28)38-32(35)23(3)21-36-4)26-13-16-29(17-14-26)37-31(34)22(2)20-33/h7-10,13-19,33H,2-3,5-6,20-21H2,1,4H3. The van der Waals surface area contributed by atoms with E-state index < -0.39 is 18.5 Å². The number of aliphatic hydroxyl groups is 1. The van der Waals surface area contributed by atoms with Gasteiger partial charge in [0.2, 0.25) is 0 Å². The van der Waals surface area contributed by atoms with Gasteiger partial charge in [0.25, 0.3) is 0 Å². The first-order valence-corrected chi connectivity index (χ1v) is 12.1. The third-order valence-corrected chi connectivity index (χ3v) is 5.50. The number of esters is 2. The van der Waals surface area contributed by atoms with Gasteiger partial charge < -0.3 is 19.3 Å².